The predicted molar refractivity (Wildman–Crippen MR) is 171 cm³/mol. The predicted octanol–water partition coefficient (Wildman–Crippen LogP) is 2.09. The SMILES string of the molecule is CNC(=O)OC(CCc1ccccc1)C(=O)N[C@@H](COC)C(=O)N[C@@H](Cc1ccccc1)C(=O)N[C@@H](CC(C)C)C(=O)[C@@]1(C)CO1. The van der Waals surface area contributed by atoms with E-state index in [4.69, 9.17) is 14.2 Å². The second-order valence-electron chi connectivity index (χ2n) is 12.0. The number of alkyl carbamates (subject to hydrolysis) is 1. The second-order valence-corrected chi connectivity index (χ2v) is 12.0. The van der Waals surface area contributed by atoms with Crippen LogP contribution in [0.3, 0.4) is 0 Å². The summed E-state index contributed by atoms with van der Waals surface area (Å²) in [6.45, 7) is 5.66. The highest BCUT2D eigenvalue weighted by Crippen LogP contribution is 2.29. The zero-order chi connectivity index (χ0) is 33.7. The van der Waals surface area contributed by atoms with Crippen LogP contribution in [0.5, 0.6) is 0 Å². The molecule has 5 atom stereocenters. The molecule has 1 saturated heterocycles. The Labute approximate surface area is 270 Å². The van der Waals surface area contributed by atoms with Gasteiger partial charge < -0.3 is 35.5 Å². The first kappa shape index (κ1) is 36.2. The maximum atomic E-state index is 13.7. The topological polar surface area (TPSA) is 164 Å². The molecule has 1 heterocycles. The molecule has 0 saturated carbocycles. The highest BCUT2D eigenvalue weighted by molar-refractivity contribution is 5.98. The molecular formula is C34H46N4O8. The van der Waals surface area contributed by atoms with Gasteiger partial charge in [-0.05, 0) is 43.2 Å². The minimum absolute atomic E-state index is 0.104. The molecular weight excluding hydrogens is 592 g/mol. The van der Waals surface area contributed by atoms with Crippen molar-refractivity contribution in [3.8, 4) is 0 Å². The summed E-state index contributed by atoms with van der Waals surface area (Å²) in [7, 11) is 2.75. The third kappa shape index (κ3) is 11.3. The van der Waals surface area contributed by atoms with Gasteiger partial charge in [0.05, 0.1) is 19.3 Å². The van der Waals surface area contributed by atoms with Gasteiger partial charge in [0, 0.05) is 20.6 Å². The summed E-state index contributed by atoms with van der Waals surface area (Å²) in [5.41, 5.74) is 0.782. The van der Waals surface area contributed by atoms with Crippen molar-refractivity contribution in [1.29, 1.82) is 0 Å². The van der Waals surface area contributed by atoms with Crippen LogP contribution in [0.2, 0.25) is 0 Å². The minimum atomic E-state index is -1.22. The summed E-state index contributed by atoms with van der Waals surface area (Å²) in [6.07, 6.45) is -0.870. The Morgan fingerprint density at radius 3 is 1.91 bits per heavy atom. The normalized spacial score (nSPS) is 18.0. The van der Waals surface area contributed by atoms with Gasteiger partial charge in [0.25, 0.3) is 5.91 Å². The molecule has 2 aromatic rings. The Kier molecular flexibility index (Phi) is 13.7. The first-order valence-corrected chi connectivity index (χ1v) is 15.5. The van der Waals surface area contributed by atoms with E-state index in [0.29, 0.717) is 12.8 Å². The van der Waals surface area contributed by atoms with E-state index in [1.165, 1.54) is 14.2 Å². The molecule has 1 fully saturated rings. The molecule has 46 heavy (non-hydrogen) atoms. The number of methoxy groups -OCH3 is 1. The lowest BCUT2D eigenvalue weighted by molar-refractivity contribution is -0.137. The molecule has 12 nitrogen and oxygen atoms in total. The van der Waals surface area contributed by atoms with Crippen LogP contribution in [0.15, 0.2) is 60.7 Å². The first-order chi connectivity index (χ1) is 21.9. The number of hydrogen-bond donors (Lipinski definition) is 4. The van der Waals surface area contributed by atoms with E-state index in [2.05, 4.69) is 21.3 Å². The number of carbonyl (C=O) groups is 5. The molecule has 2 aromatic carbocycles. The number of hydrogen-bond acceptors (Lipinski definition) is 8. The molecule has 3 rings (SSSR count). The van der Waals surface area contributed by atoms with Gasteiger partial charge in [0.2, 0.25) is 11.8 Å². The van der Waals surface area contributed by atoms with Crippen molar-refractivity contribution < 1.29 is 38.2 Å². The molecule has 0 spiro atoms. The molecule has 4 N–H and O–H groups in total. The fourth-order valence-electron chi connectivity index (χ4n) is 4.91. The molecule has 1 aliphatic heterocycles. The summed E-state index contributed by atoms with van der Waals surface area (Å²) < 4.78 is 15.9. The summed E-state index contributed by atoms with van der Waals surface area (Å²) in [5, 5.41) is 10.6. The lowest BCUT2D eigenvalue weighted by Gasteiger charge is -2.27. The van der Waals surface area contributed by atoms with Crippen LogP contribution in [0, 0.1) is 5.92 Å². The van der Waals surface area contributed by atoms with Gasteiger partial charge in [-0.1, -0.05) is 74.5 Å². The number of nitrogens with one attached hydrogen (secondary N) is 4. The van der Waals surface area contributed by atoms with Crippen molar-refractivity contribution in [3.63, 3.8) is 0 Å². The average molecular weight is 639 g/mol. The van der Waals surface area contributed by atoms with E-state index in [9.17, 15) is 24.0 Å². The van der Waals surface area contributed by atoms with Gasteiger partial charge in [-0.3, -0.25) is 19.2 Å². The van der Waals surface area contributed by atoms with Crippen molar-refractivity contribution in [3.05, 3.63) is 71.8 Å². The van der Waals surface area contributed by atoms with Gasteiger partial charge in [0.1, 0.15) is 17.7 Å². The monoisotopic (exact) mass is 638 g/mol. The fourth-order valence-corrected chi connectivity index (χ4v) is 4.91. The molecule has 0 radical (unpaired) electrons. The third-order valence-electron chi connectivity index (χ3n) is 7.60. The number of Topliss-reactive ketones (excluding diaryl/α,β-unsaturated/α-hetero) is 1. The number of epoxide rings is 1. The van der Waals surface area contributed by atoms with E-state index in [0.717, 1.165) is 11.1 Å². The van der Waals surface area contributed by atoms with Crippen LogP contribution in [-0.4, -0.2) is 86.8 Å². The van der Waals surface area contributed by atoms with Crippen molar-refractivity contribution in [2.75, 3.05) is 27.4 Å². The van der Waals surface area contributed by atoms with Crippen LogP contribution >= 0.6 is 0 Å². The Morgan fingerprint density at radius 1 is 0.826 bits per heavy atom. The zero-order valence-corrected chi connectivity index (χ0v) is 27.2. The van der Waals surface area contributed by atoms with Crippen LogP contribution in [0.1, 0.15) is 44.7 Å². The van der Waals surface area contributed by atoms with Crippen LogP contribution in [0.25, 0.3) is 0 Å². The van der Waals surface area contributed by atoms with Crippen LogP contribution in [0.4, 0.5) is 4.79 Å². The summed E-state index contributed by atoms with van der Waals surface area (Å²) in [5.74, 6) is -2.04. The first-order valence-electron chi connectivity index (χ1n) is 15.5. The molecule has 250 valence electrons. The Bertz CT molecular complexity index is 1320. The molecule has 4 amide bonds. The van der Waals surface area contributed by atoms with Crippen molar-refractivity contribution in [2.45, 2.75) is 76.3 Å². The molecule has 1 unspecified atom stereocenters. The minimum Gasteiger partial charge on any atom is -0.436 e. The fraction of sp³-hybridized carbons (Fsp3) is 0.500. The lowest BCUT2D eigenvalue weighted by Crippen LogP contribution is -2.59. The van der Waals surface area contributed by atoms with Crippen molar-refractivity contribution in [2.24, 2.45) is 5.92 Å². The summed E-state index contributed by atoms with van der Waals surface area (Å²) in [6, 6.07) is 15.4. The van der Waals surface area contributed by atoms with E-state index in [1.54, 1.807) is 6.92 Å². The van der Waals surface area contributed by atoms with Gasteiger partial charge in [-0.2, -0.15) is 0 Å². The van der Waals surface area contributed by atoms with Crippen LogP contribution < -0.4 is 21.3 Å². The highest BCUT2D eigenvalue weighted by Gasteiger charge is 2.50. The van der Waals surface area contributed by atoms with E-state index >= 15 is 0 Å². The molecule has 0 aromatic heterocycles. The van der Waals surface area contributed by atoms with Crippen molar-refractivity contribution >= 4 is 29.6 Å². The molecule has 1 aliphatic rings. The number of benzene rings is 2. The smallest absolute Gasteiger partial charge is 0.407 e. The molecule has 0 bridgehead atoms. The largest absolute Gasteiger partial charge is 0.436 e. The number of rotatable bonds is 18. The second kappa shape index (κ2) is 17.4. The lowest BCUT2D eigenvalue weighted by atomic mass is 9.93. The zero-order valence-electron chi connectivity index (χ0n) is 27.2. The van der Waals surface area contributed by atoms with Gasteiger partial charge in [-0.25, -0.2) is 4.79 Å². The van der Waals surface area contributed by atoms with Gasteiger partial charge in [0.15, 0.2) is 11.9 Å². The van der Waals surface area contributed by atoms with Gasteiger partial charge >= 0.3 is 6.09 Å². The Morgan fingerprint density at radius 2 is 1.37 bits per heavy atom. The third-order valence-corrected chi connectivity index (χ3v) is 7.60. The van der Waals surface area contributed by atoms with E-state index in [-0.39, 0.29) is 37.8 Å². The number of aryl methyl sites for hydroxylation is 1. The molecule has 12 heteroatoms. The van der Waals surface area contributed by atoms with Crippen LogP contribution in [-0.2, 0) is 46.2 Å². The van der Waals surface area contributed by atoms with Crippen molar-refractivity contribution in [1.82, 2.24) is 21.3 Å². The number of ether oxygens (including phenoxy) is 3. The summed E-state index contributed by atoms with van der Waals surface area (Å²) >= 11 is 0. The maximum absolute atomic E-state index is 13.7. The average Bonchev–Trinajstić information content (AvgIpc) is 3.80. The van der Waals surface area contributed by atoms with E-state index < -0.39 is 53.6 Å². The number of ketones is 1. The number of amides is 4. The summed E-state index contributed by atoms with van der Waals surface area (Å²) in [4.78, 5) is 65.9. The van der Waals surface area contributed by atoms with Gasteiger partial charge in [-0.15, -0.1) is 0 Å². The Balaban J connectivity index is 1.78. The number of carbonyl (C=O) groups excluding carboxylic acids is 5. The standard InChI is InChI=1S/C34H46N4O8/c1-22(2)18-25(29(39)34(3)21-45-34)36-30(40)26(19-24-14-10-7-11-15-24)37-31(41)27(20-44-5)38-32(42)28(46-33(43)35-4)17-16-23-12-8-6-9-13-23/h6-15,22,25-28H,16-21H2,1-5H3,(H,35,43)(H,36,40)(H,37,41)(H,38,42)/t25-,26-,27-,28?,34+/m0/s1. The highest BCUT2D eigenvalue weighted by atomic mass is 16.6. The Hall–Kier alpha value is -4.29. The quantitative estimate of drug-likeness (QED) is 0.180. The van der Waals surface area contributed by atoms with E-state index in [1.807, 2.05) is 74.5 Å². The molecule has 0 aliphatic carbocycles. The maximum Gasteiger partial charge on any atom is 0.407 e.